The molecule has 0 radical (unpaired) electrons. The highest BCUT2D eigenvalue weighted by molar-refractivity contribution is 6.04. The molecule has 2 aromatic carbocycles. The fraction of sp³-hybridized carbons (Fsp3) is 0.350. The minimum atomic E-state index is -0.394. The first kappa shape index (κ1) is 16.8. The molecule has 2 heterocycles. The third kappa shape index (κ3) is 3.01. The van der Waals surface area contributed by atoms with Crippen molar-refractivity contribution in [3.05, 3.63) is 59.9 Å². The van der Waals surface area contributed by atoms with Crippen molar-refractivity contribution in [3.63, 3.8) is 0 Å². The standard InChI is InChI=1S/C20H24FN5/c21-16-7-4-8-17-18(16)19(22)25-20(9-11-23-12-10-20)26(17)14-13-24-15-5-2-1-3-6-15/h1-8,23-24H,9-14H2,(H2,22,25). The summed E-state index contributed by atoms with van der Waals surface area (Å²) in [6.45, 7) is 3.22. The molecule has 5 nitrogen and oxygen atoms in total. The van der Waals surface area contributed by atoms with Crippen molar-refractivity contribution in [2.24, 2.45) is 10.7 Å². The number of hydrogen-bond acceptors (Lipinski definition) is 5. The van der Waals surface area contributed by atoms with Gasteiger partial charge in [0.05, 0.1) is 11.3 Å². The molecule has 0 bridgehead atoms. The van der Waals surface area contributed by atoms with Crippen molar-refractivity contribution in [3.8, 4) is 0 Å². The summed E-state index contributed by atoms with van der Waals surface area (Å²) in [5.41, 5.74) is 8.13. The van der Waals surface area contributed by atoms with Gasteiger partial charge in [-0.2, -0.15) is 0 Å². The summed E-state index contributed by atoms with van der Waals surface area (Å²) < 4.78 is 14.4. The molecular formula is C20H24FN5. The summed E-state index contributed by atoms with van der Waals surface area (Å²) in [6, 6.07) is 15.2. The van der Waals surface area contributed by atoms with Crippen molar-refractivity contribution in [1.29, 1.82) is 0 Å². The lowest BCUT2D eigenvalue weighted by atomic mass is 9.92. The van der Waals surface area contributed by atoms with Crippen LogP contribution in [0.15, 0.2) is 53.5 Å². The van der Waals surface area contributed by atoms with Crippen molar-refractivity contribution in [2.75, 3.05) is 36.4 Å². The first-order valence-corrected chi connectivity index (χ1v) is 9.11. The van der Waals surface area contributed by atoms with Crippen LogP contribution in [-0.4, -0.2) is 37.7 Å². The second-order valence-corrected chi connectivity index (χ2v) is 6.81. The maximum absolute atomic E-state index is 14.4. The molecule has 0 amide bonds. The molecule has 1 saturated heterocycles. The van der Waals surface area contributed by atoms with E-state index in [2.05, 4.69) is 15.5 Å². The van der Waals surface area contributed by atoms with Gasteiger partial charge in [0, 0.05) is 31.6 Å². The third-order valence-electron chi connectivity index (χ3n) is 5.21. The highest BCUT2D eigenvalue weighted by Crippen LogP contribution is 2.39. The lowest BCUT2D eigenvalue weighted by Crippen LogP contribution is -2.58. The van der Waals surface area contributed by atoms with Crippen molar-refractivity contribution in [1.82, 2.24) is 5.32 Å². The van der Waals surface area contributed by atoms with Crippen LogP contribution in [0.25, 0.3) is 0 Å². The second kappa shape index (κ2) is 6.96. The van der Waals surface area contributed by atoms with Crippen LogP contribution < -0.4 is 21.3 Å². The van der Waals surface area contributed by atoms with E-state index in [0.29, 0.717) is 11.4 Å². The van der Waals surface area contributed by atoms with E-state index in [1.165, 1.54) is 6.07 Å². The summed E-state index contributed by atoms with van der Waals surface area (Å²) in [4.78, 5) is 7.03. The average Bonchev–Trinajstić information content (AvgIpc) is 2.66. The summed E-state index contributed by atoms with van der Waals surface area (Å²) in [7, 11) is 0. The topological polar surface area (TPSA) is 65.7 Å². The molecule has 1 fully saturated rings. The molecule has 4 N–H and O–H groups in total. The lowest BCUT2D eigenvalue weighted by Gasteiger charge is -2.48. The number of nitrogens with one attached hydrogen (secondary N) is 2. The highest BCUT2D eigenvalue weighted by atomic mass is 19.1. The maximum Gasteiger partial charge on any atom is 0.136 e. The van der Waals surface area contributed by atoms with E-state index in [-0.39, 0.29) is 5.82 Å². The number of aliphatic imine (C=N–C) groups is 1. The Morgan fingerprint density at radius 1 is 1.12 bits per heavy atom. The predicted molar refractivity (Wildman–Crippen MR) is 104 cm³/mol. The van der Waals surface area contributed by atoms with Gasteiger partial charge in [-0.15, -0.1) is 0 Å². The quantitative estimate of drug-likeness (QED) is 0.790. The Morgan fingerprint density at radius 3 is 2.65 bits per heavy atom. The molecule has 6 heteroatoms. The average molecular weight is 353 g/mol. The van der Waals surface area contributed by atoms with Gasteiger partial charge in [-0.25, -0.2) is 9.38 Å². The fourth-order valence-electron chi connectivity index (χ4n) is 3.96. The minimum Gasteiger partial charge on any atom is -0.383 e. The number of nitrogens with zero attached hydrogens (tertiary/aromatic N) is 2. The van der Waals surface area contributed by atoms with Gasteiger partial charge in [0.15, 0.2) is 0 Å². The van der Waals surface area contributed by atoms with E-state index in [4.69, 9.17) is 10.7 Å². The number of benzene rings is 2. The second-order valence-electron chi connectivity index (χ2n) is 6.81. The number of piperidine rings is 1. The first-order chi connectivity index (χ1) is 12.7. The Balaban J connectivity index is 1.63. The molecule has 26 heavy (non-hydrogen) atoms. The highest BCUT2D eigenvalue weighted by Gasteiger charge is 2.42. The number of nitrogens with two attached hydrogens (primary N) is 1. The first-order valence-electron chi connectivity index (χ1n) is 9.11. The molecule has 2 aliphatic rings. The Bertz CT molecular complexity index is 799. The molecule has 0 saturated carbocycles. The molecular weight excluding hydrogens is 329 g/mol. The van der Waals surface area contributed by atoms with Gasteiger partial charge in [0.2, 0.25) is 0 Å². The smallest absolute Gasteiger partial charge is 0.136 e. The van der Waals surface area contributed by atoms with Crippen molar-refractivity contribution in [2.45, 2.75) is 18.5 Å². The number of anilines is 2. The SMILES string of the molecule is NC1=NC2(CCNCC2)N(CCNc2ccccc2)c2cccc(F)c21. The van der Waals surface area contributed by atoms with E-state index in [1.807, 2.05) is 36.4 Å². The summed E-state index contributed by atoms with van der Waals surface area (Å²) >= 11 is 0. The van der Waals surface area contributed by atoms with E-state index in [9.17, 15) is 4.39 Å². The van der Waals surface area contributed by atoms with Crippen LogP contribution in [0.1, 0.15) is 18.4 Å². The van der Waals surface area contributed by atoms with E-state index in [0.717, 1.165) is 50.4 Å². The Hall–Kier alpha value is -2.60. The zero-order valence-corrected chi connectivity index (χ0v) is 14.7. The zero-order chi connectivity index (χ0) is 18.0. The zero-order valence-electron chi connectivity index (χ0n) is 14.7. The number of amidine groups is 1. The molecule has 0 unspecified atom stereocenters. The lowest BCUT2D eigenvalue weighted by molar-refractivity contribution is 0.296. The molecule has 136 valence electrons. The molecule has 2 aliphatic heterocycles. The summed E-state index contributed by atoms with van der Waals surface area (Å²) in [6.07, 6.45) is 1.71. The van der Waals surface area contributed by atoms with Crippen LogP contribution in [0.4, 0.5) is 15.8 Å². The third-order valence-corrected chi connectivity index (χ3v) is 5.21. The van der Waals surface area contributed by atoms with Crippen LogP contribution in [0.5, 0.6) is 0 Å². The summed E-state index contributed by atoms with van der Waals surface area (Å²) in [5, 5.41) is 6.82. The number of hydrogen-bond donors (Lipinski definition) is 3. The largest absolute Gasteiger partial charge is 0.383 e. The van der Waals surface area contributed by atoms with Gasteiger partial charge >= 0.3 is 0 Å². The van der Waals surface area contributed by atoms with Gasteiger partial charge in [0.25, 0.3) is 0 Å². The number of para-hydroxylation sites is 1. The Morgan fingerprint density at radius 2 is 1.88 bits per heavy atom. The van der Waals surface area contributed by atoms with Crippen LogP contribution in [0.3, 0.4) is 0 Å². The fourth-order valence-corrected chi connectivity index (χ4v) is 3.96. The van der Waals surface area contributed by atoms with Crippen molar-refractivity contribution >= 4 is 17.2 Å². The van der Waals surface area contributed by atoms with Crippen LogP contribution >= 0.6 is 0 Å². The Labute approximate surface area is 153 Å². The van der Waals surface area contributed by atoms with Gasteiger partial charge in [-0.3, -0.25) is 0 Å². The number of fused-ring (bicyclic) bond motifs is 1. The Kier molecular flexibility index (Phi) is 4.51. The van der Waals surface area contributed by atoms with Gasteiger partial charge < -0.3 is 21.3 Å². The maximum atomic E-state index is 14.4. The van der Waals surface area contributed by atoms with Crippen LogP contribution in [-0.2, 0) is 0 Å². The van der Waals surface area contributed by atoms with E-state index in [1.54, 1.807) is 6.07 Å². The molecule has 0 aromatic heterocycles. The van der Waals surface area contributed by atoms with Crippen molar-refractivity contribution < 1.29 is 4.39 Å². The van der Waals surface area contributed by atoms with Gasteiger partial charge in [-0.1, -0.05) is 24.3 Å². The minimum absolute atomic E-state index is 0.312. The predicted octanol–water partition coefficient (Wildman–Crippen LogP) is 2.54. The van der Waals surface area contributed by atoms with E-state index >= 15 is 0 Å². The molecule has 1 spiro atoms. The summed E-state index contributed by atoms with van der Waals surface area (Å²) in [5.74, 6) is 0.000761. The normalized spacial score (nSPS) is 18.3. The van der Waals surface area contributed by atoms with Crippen LogP contribution in [0, 0.1) is 5.82 Å². The monoisotopic (exact) mass is 353 g/mol. The molecule has 2 aromatic rings. The molecule has 0 aliphatic carbocycles. The molecule has 0 atom stereocenters. The number of halogens is 1. The van der Waals surface area contributed by atoms with E-state index < -0.39 is 5.66 Å². The van der Waals surface area contributed by atoms with Gasteiger partial charge in [-0.05, 0) is 37.4 Å². The van der Waals surface area contributed by atoms with Crippen LogP contribution in [0.2, 0.25) is 0 Å². The molecule has 4 rings (SSSR count). The van der Waals surface area contributed by atoms with Gasteiger partial charge in [0.1, 0.15) is 17.3 Å². The number of rotatable bonds is 4.